The summed E-state index contributed by atoms with van der Waals surface area (Å²) in [6.45, 7) is 6.73. The van der Waals surface area contributed by atoms with Crippen molar-refractivity contribution in [3.8, 4) is 0 Å². The van der Waals surface area contributed by atoms with E-state index in [9.17, 15) is 0 Å². The van der Waals surface area contributed by atoms with Crippen molar-refractivity contribution in [2.45, 2.75) is 45.5 Å². The Morgan fingerprint density at radius 2 is 2.40 bits per heavy atom. The molecule has 0 amide bonds. The van der Waals surface area contributed by atoms with Crippen molar-refractivity contribution < 1.29 is 4.74 Å². The van der Waals surface area contributed by atoms with E-state index >= 15 is 0 Å². The maximum absolute atomic E-state index is 5.89. The molecule has 3 rings (SSSR count). The fourth-order valence-corrected chi connectivity index (χ4v) is 3.36. The van der Waals surface area contributed by atoms with Gasteiger partial charge in [0.1, 0.15) is 11.9 Å². The van der Waals surface area contributed by atoms with Gasteiger partial charge in [0, 0.05) is 49.2 Å². The zero-order valence-corrected chi connectivity index (χ0v) is 12.7. The van der Waals surface area contributed by atoms with E-state index in [4.69, 9.17) is 4.74 Å². The van der Waals surface area contributed by atoms with Crippen molar-refractivity contribution in [1.29, 1.82) is 0 Å². The van der Waals surface area contributed by atoms with Crippen molar-refractivity contribution in [2.75, 3.05) is 6.61 Å². The lowest BCUT2D eigenvalue weighted by molar-refractivity contribution is 0.0886. The predicted molar refractivity (Wildman–Crippen MR) is 78.7 cm³/mol. The topological polar surface area (TPSA) is 52.0 Å². The Labute approximate surface area is 123 Å². The molecule has 2 aromatic rings. The Kier molecular flexibility index (Phi) is 4.14. The monoisotopic (exact) mass is 292 g/mol. The summed E-state index contributed by atoms with van der Waals surface area (Å²) >= 11 is 1.74. The van der Waals surface area contributed by atoms with Gasteiger partial charge in [-0.15, -0.1) is 11.3 Å². The molecule has 1 aliphatic heterocycles. The summed E-state index contributed by atoms with van der Waals surface area (Å²) in [5.74, 6) is 1.03. The van der Waals surface area contributed by atoms with E-state index in [1.165, 1.54) is 4.88 Å². The van der Waals surface area contributed by atoms with Gasteiger partial charge < -0.3 is 14.6 Å². The number of aromatic nitrogens is 3. The highest BCUT2D eigenvalue weighted by Crippen LogP contribution is 2.28. The van der Waals surface area contributed by atoms with Gasteiger partial charge in [0.05, 0.1) is 5.01 Å². The summed E-state index contributed by atoms with van der Waals surface area (Å²) in [4.78, 5) is 10.0. The molecular weight excluding hydrogens is 272 g/mol. The minimum atomic E-state index is 0.0546. The number of hydrogen-bond donors (Lipinski definition) is 1. The van der Waals surface area contributed by atoms with Gasteiger partial charge >= 0.3 is 0 Å². The predicted octanol–water partition coefficient (Wildman–Crippen LogP) is 2.29. The van der Waals surface area contributed by atoms with Crippen LogP contribution in [0.5, 0.6) is 0 Å². The Morgan fingerprint density at radius 3 is 3.15 bits per heavy atom. The summed E-state index contributed by atoms with van der Waals surface area (Å²) < 4.78 is 8.04. The number of aryl methyl sites for hydroxylation is 2. The maximum atomic E-state index is 5.89. The van der Waals surface area contributed by atoms with Crippen molar-refractivity contribution in [1.82, 2.24) is 19.9 Å². The van der Waals surface area contributed by atoms with Crippen molar-refractivity contribution in [2.24, 2.45) is 0 Å². The van der Waals surface area contributed by atoms with Crippen LogP contribution in [0.1, 0.15) is 35.2 Å². The van der Waals surface area contributed by atoms with E-state index < -0.39 is 0 Å². The minimum Gasteiger partial charge on any atom is -0.369 e. The lowest BCUT2D eigenvalue weighted by atomic mass is 10.1. The molecular formula is C14H20N4OS. The van der Waals surface area contributed by atoms with Gasteiger partial charge in [0.15, 0.2) is 0 Å². The molecule has 2 aromatic heterocycles. The van der Waals surface area contributed by atoms with Crippen molar-refractivity contribution >= 4 is 11.3 Å². The van der Waals surface area contributed by atoms with Crippen LogP contribution in [0.4, 0.5) is 0 Å². The quantitative estimate of drug-likeness (QED) is 0.918. The van der Waals surface area contributed by atoms with Crippen LogP contribution >= 0.6 is 11.3 Å². The molecule has 108 valence electrons. The normalized spacial score (nSPS) is 22.5. The van der Waals surface area contributed by atoms with Gasteiger partial charge in [0.25, 0.3) is 0 Å². The Morgan fingerprint density at radius 1 is 1.50 bits per heavy atom. The average Bonchev–Trinajstić information content (AvgIpc) is 3.15. The molecule has 0 saturated carbocycles. The fraction of sp³-hybridized carbons (Fsp3) is 0.571. The van der Waals surface area contributed by atoms with E-state index in [0.29, 0.717) is 6.04 Å². The molecule has 1 fully saturated rings. The van der Waals surface area contributed by atoms with E-state index in [1.54, 1.807) is 11.3 Å². The minimum absolute atomic E-state index is 0.0546. The molecule has 6 heteroatoms. The maximum Gasteiger partial charge on any atom is 0.139 e. The van der Waals surface area contributed by atoms with Crippen LogP contribution < -0.4 is 5.32 Å². The second kappa shape index (κ2) is 6.03. The number of ether oxygens (including phenoxy) is 1. The molecule has 0 aromatic carbocycles. The van der Waals surface area contributed by atoms with Gasteiger partial charge in [-0.1, -0.05) is 0 Å². The first-order valence-electron chi connectivity index (χ1n) is 7.05. The molecule has 5 nitrogen and oxygen atoms in total. The first-order chi connectivity index (χ1) is 9.78. The smallest absolute Gasteiger partial charge is 0.139 e. The lowest BCUT2D eigenvalue weighted by Crippen LogP contribution is -2.32. The Balaban J connectivity index is 1.66. The summed E-state index contributed by atoms with van der Waals surface area (Å²) in [5, 5.41) is 4.71. The van der Waals surface area contributed by atoms with Gasteiger partial charge in [-0.05, 0) is 20.3 Å². The number of nitrogens with zero attached hydrogens (tertiary/aromatic N) is 3. The van der Waals surface area contributed by atoms with Crippen LogP contribution in [-0.2, 0) is 17.8 Å². The molecule has 1 aliphatic rings. The zero-order valence-electron chi connectivity index (χ0n) is 11.9. The highest BCUT2D eigenvalue weighted by Gasteiger charge is 2.32. The number of thiazole rings is 1. The number of rotatable bonds is 5. The molecule has 2 atom stereocenters. The SMILES string of the molecule is CCn1ccnc1[C@H]1OCC[C@@H]1NCc1cnc(C)s1. The van der Waals surface area contributed by atoms with Gasteiger partial charge in [0.2, 0.25) is 0 Å². The lowest BCUT2D eigenvalue weighted by Gasteiger charge is -2.20. The zero-order chi connectivity index (χ0) is 13.9. The van der Waals surface area contributed by atoms with Gasteiger partial charge in [-0.2, -0.15) is 0 Å². The number of hydrogen-bond acceptors (Lipinski definition) is 5. The molecule has 0 spiro atoms. The van der Waals surface area contributed by atoms with E-state index in [2.05, 4.69) is 26.8 Å². The van der Waals surface area contributed by atoms with E-state index in [0.717, 1.165) is 36.9 Å². The van der Waals surface area contributed by atoms with Gasteiger partial charge in [-0.3, -0.25) is 0 Å². The summed E-state index contributed by atoms with van der Waals surface area (Å²) in [5.41, 5.74) is 0. The third-order valence-corrected chi connectivity index (χ3v) is 4.55. The summed E-state index contributed by atoms with van der Waals surface area (Å²) in [6.07, 6.45) is 6.90. The van der Waals surface area contributed by atoms with E-state index in [1.807, 2.05) is 25.5 Å². The highest BCUT2D eigenvalue weighted by atomic mass is 32.1. The number of imidazole rings is 1. The molecule has 0 bridgehead atoms. The fourth-order valence-electron chi connectivity index (χ4n) is 2.62. The van der Waals surface area contributed by atoms with E-state index in [-0.39, 0.29) is 6.10 Å². The van der Waals surface area contributed by atoms with Crippen LogP contribution in [0, 0.1) is 6.92 Å². The molecule has 3 heterocycles. The van der Waals surface area contributed by atoms with Crippen LogP contribution in [0.3, 0.4) is 0 Å². The van der Waals surface area contributed by atoms with Crippen molar-refractivity contribution in [3.63, 3.8) is 0 Å². The number of nitrogens with one attached hydrogen (secondary N) is 1. The third-order valence-electron chi connectivity index (χ3n) is 3.64. The summed E-state index contributed by atoms with van der Waals surface area (Å²) in [6, 6.07) is 0.324. The van der Waals surface area contributed by atoms with Crippen LogP contribution in [0.15, 0.2) is 18.6 Å². The Hall–Kier alpha value is -1.24. The van der Waals surface area contributed by atoms with Crippen LogP contribution in [0.2, 0.25) is 0 Å². The highest BCUT2D eigenvalue weighted by molar-refractivity contribution is 7.11. The largest absolute Gasteiger partial charge is 0.369 e. The summed E-state index contributed by atoms with van der Waals surface area (Å²) in [7, 11) is 0. The molecule has 0 aliphatic carbocycles. The molecule has 1 N–H and O–H groups in total. The second-order valence-corrected chi connectivity index (χ2v) is 6.30. The first kappa shape index (κ1) is 13.7. The van der Waals surface area contributed by atoms with Crippen LogP contribution in [0.25, 0.3) is 0 Å². The average molecular weight is 292 g/mol. The standard InChI is InChI=1S/C14H20N4OS/c1-3-18-6-5-15-14(18)13-12(4-7-19-13)17-9-11-8-16-10(2)20-11/h5-6,8,12-13,17H,3-4,7,9H2,1-2H3/t12-,13-/m0/s1. The molecule has 20 heavy (non-hydrogen) atoms. The Bertz CT molecular complexity index is 565. The first-order valence-corrected chi connectivity index (χ1v) is 7.87. The van der Waals surface area contributed by atoms with Crippen LogP contribution in [-0.4, -0.2) is 27.2 Å². The second-order valence-electron chi connectivity index (χ2n) is 4.98. The third kappa shape index (κ3) is 2.77. The van der Waals surface area contributed by atoms with Gasteiger partial charge in [-0.25, -0.2) is 9.97 Å². The van der Waals surface area contributed by atoms with Crippen molar-refractivity contribution in [3.05, 3.63) is 34.3 Å². The molecule has 1 saturated heterocycles. The molecule has 0 unspecified atom stereocenters. The molecule has 0 radical (unpaired) electrons.